The third-order valence-electron chi connectivity index (χ3n) is 10.8. The van der Waals surface area contributed by atoms with Gasteiger partial charge in [-0.05, 0) is 116 Å². The van der Waals surface area contributed by atoms with Crippen molar-refractivity contribution in [3.63, 3.8) is 0 Å². The van der Waals surface area contributed by atoms with Crippen molar-refractivity contribution in [3.05, 3.63) is 236 Å². The molecule has 0 amide bonds. The molecule has 0 radical (unpaired) electrons. The molecule has 55 heavy (non-hydrogen) atoms. The average Bonchev–Trinajstić information content (AvgIpc) is 3.46. The Labute approximate surface area is 333 Å². The van der Waals surface area contributed by atoms with Crippen LogP contribution in [0.2, 0.25) is 0 Å². The zero-order valence-corrected chi connectivity index (χ0v) is 35.1. The molecular formula is C55H60. The predicted octanol–water partition coefficient (Wildman–Crippen LogP) is 14.9. The fraction of sp³-hybridized carbons (Fsp3) is 0.236. The van der Waals surface area contributed by atoms with Gasteiger partial charge < -0.3 is 0 Å². The number of benzene rings is 7. The third kappa shape index (κ3) is 9.62. The van der Waals surface area contributed by atoms with Crippen molar-refractivity contribution in [1.82, 2.24) is 0 Å². The van der Waals surface area contributed by atoms with E-state index in [1.807, 2.05) is 0 Å². The first-order valence-electron chi connectivity index (χ1n) is 19.7. The quantitative estimate of drug-likeness (QED) is 0.167. The lowest BCUT2D eigenvalue weighted by molar-refractivity contribution is 0.590. The van der Waals surface area contributed by atoms with Crippen molar-refractivity contribution < 1.29 is 0 Å². The Bertz CT molecular complexity index is 2200. The summed E-state index contributed by atoms with van der Waals surface area (Å²) in [4.78, 5) is 0. The molecule has 280 valence electrons. The molecule has 0 heterocycles. The topological polar surface area (TPSA) is 0 Å². The van der Waals surface area contributed by atoms with Gasteiger partial charge in [0.25, 0.3) is 0 Å². The highest BCUT2D eigenvalue weighted by atomic mass is 14.5. The van der Waals surface area contributed by atoms with Gasteiger partial charge in [-0.3, -0.25) is 0 Å². The lowest BCUT2D eigenvalue weighted by Gasteiger charge is -2.34. The van der Waals surface area contributed by atoms with E-state index in [2.05, 4.69) is 240 Å². The molecule has 0 aliphatic heterocycles. The fourth-order valence-corrected chi connectivity index (χ4v) is 7.50. The third-order valence-corrected chi connectivity index (χ3v) is 10.8. The van der Waals surface area contributed by atoms with E-state index >= 15 is 0 Å². The molecule has 1 aliphatic rings. The van der Waals surface area contributed by atoms with Gasteiger partial charge in [0.05, 0.1) is 5.41 Å². The molecule has 0 N–H and O–H groups in total. The number of rotatable bonds is 2. The summed E-state index contributed by atoms with van der Waals surface area (Å²) in [6, 6.07) is 59.3. The van der Waals surface area contributed by atoms with Crippen LogP contribution in [0.1, 0.15) is 93.1 Å². The molecule has 7 aromatic carbocycles. The Morgan fingerprint density at radius 1 is 0.345 bits per heavy atom. The first kappa shape index (κ1) is 40.7. The van der Waals surface area contributed by atoms with E-state index in [0.717, 1.165) is 0 Å². The van der Waals surface area contributed by atoms with Crippen LogP contribution >= 0.6 is 0 Å². The minimum Gasteiger partial charge on any atom is -0.0622 e. The van der Waals surface area contributed by atoms with Crippen molar-refractivity contribution in [3.8, 4) is 11.1 Å². The van der Waals surface area contributed by atoms with Crippen LogP contribution in [0.3, 0.4) is 0 Å². The van der Waals surface area contributed by atoms with Crippen molar-refractivity contribution in [2.45, 2.75) is 87.0 Å². The summed E-state index contributed by atoms with van der Waals surface area (Å²) in [5.74, 6) is 0. The van der Waals surface area contributed by atoms with Gasteiger partial charge in [-0.2, -0.15) is 0 Å². The van der Waals surface area contributed by atoms with E-state index < -0.39 is 0 Å². The molecule has 0 saturated heterocycles. The maximum absolute atomic E-state index is 2.37. The van der Waals surface area contributed by atoms with Gasteiger partial charge in [-0.25, -0.2) is 0 Å². The molecule has 1 aliphatic carbocycles. The molecule has 0 fully saturated rings. The van der Waals surface area contributed by atoms with E-state index in [4.69, 9.17) is 0 Å². The van der Waals surface area contributed by atoms with Crippen LogP contribution in [0.15, 0.2) is 164 Å². The minimum absolute atomic E-state index is 0.263. The summed E-state index contributed by atoms with van der Waals surface area (Å²) in [6.45, 7) is 23.8. The smallest absolute Gasteiger partial charge is 0.0622 e. The van der Waals surface area contributed by atoms with Crippen LogP contribution in [0.5, 0.6) is 0 Å². The summed E-state index contributed by atoms with van der Waals surface area (Å²) in [6.07, 6.45) is 0. The van der Waals surface area contributed by atoms with Crippen LogP contribution < -0.4 is 0 Å². The molecule has 0 atom stereocenters. The monoisotopic (exact) mass is 720 g/mol. The summed E-state index contributed by atoms with van der Waals surface area (Å²) in [7, 11) is 0. The Balaban J connectivity index is 0.000000165. The average molecular weight is 721 g/mol. The number of aryl methyl sites for hydroxylation is 7. The molecule has 0 unspecified atom stereocenters. The molecule has 0 aromatic heterocycles. The molecule has 7 aromatic rings. The highest BCUT2D eigenvalue weighted by molar-refractivity contribution is 5.86. The van der Waals surface area contributed by atoms with Crippen molar-refractivity contribution in [2.24, 2.45) is 0 Å². The molecular weight excluding hydrogens is 661 g/mol. The van der Waals surface area contributed by atoms with E-state index in [1.54, 1.807) is 0 Å². The first-order valence-corrected chi connectivity index (χ1v) is 19.7. The Morgan fingerprint density at radius 2 is 0.745 bits per heavy atom. The van der Waals surface area contributed by atoms with Gasteiger partial charge in [0.2, 0.25) is 0 Å². The summed E-state index contributed by atoms with van der Waals surface area (Å²) < 4.78 is 0. The molecule has 0 spiro atoms. The van der Waals surface area contributed by atoms with Crippen LogP contribution in [-0.2, 0) is 10.8 Å². The maximum Gasteiger partial charge on any atom is 0.0713 e. The zero-order chi connectivity index (χ0) is 39.8. The predicted molar refractivity (Wildman–Crippen MR) is 240 cm³/mol. The standard InChI is InChI=1S/C26H20.C11H16.C10H14.C8H10/c1-19-16-17-23-22-14-8-9-15-24(22)26(25(23)18-19,20-10-4-2-5-11-20)21-12-6-3-7-13-21;1-9-5-7-10(8-6-9)11(2,3)4;1-7-5-8(2)10(4)9(3)6-7;1-7-3-5-8(2)6-4-7/h2-18H,1H3;5-8H,1-4H3;5-6H,1-4H3;3-6H,1-2H3. The van der Waals surface area contributed by atoms with E-state index in [1.165, 1.54) is 83.5 Å². The van der Waals surface area contributed by atoms with Crippen molar-refractivity contribution in [1.29, 1.82) is 0 Å². The van der Waals surface area contributed by atoms with Gasteiger partial charge in [0, 0.05) is 0 Å². The van der Waals surface area contributed by atoms with Crippen LogP contribution in [0.25, 0.3) is 11.1 Å². The van der Waals surface area contributed by atoms with E-state index in [9.17, 15) is 0 Å². The highest BCUT2D eigenvalue weighted by Gasteiger charge is 2.45. The maximum atomic E-state index is 2.37. The molecule has 0 saturated carbocycles. The summed E-state index contributed by atoms with van der Waals surface area (Å²) >= 11 is 0. The SMILES string of the molecule is Cc1cc(C)c(C)c(C)c1.Cc1ccc(C(C)(C)C)cc1.Cc1ccc(C)cc1.Cc1ccc2c(c1)C(c1ccccc1)(c1ccccc1)c1ccccc1-2. The van der Waals surface area contributed by atoms with E-state index in [-0.39, 0.29) is 10.8 Å². The lowest BCUT2D eigenvalue weighted by atomic mass is 9.67. The van der Waals surface area contributed by atoms with Crippen LogP contribution in [0.4, 0.5) is 0 Å². The zero-order valence-electron chi connectivity index (χ0n) is 35.1. The summed E-state index contributed by atoms with van der Waals surface area (Å²) in [5, 5.41) is 0. The number of hydrogen-bond donors (Lipinski definition) is 0. The van der Waals surface area contributed by atoms with Crippen molar-refractivity contribution >= 4 is 0 Å². The summed E-state index contributed by atoms with van der Waals surface area (Å²) in [5.41, 5.74) is 20.4. The van der Waals surface area contributed by atoms with Gasteiger partial charge in [0.15, 0.2) is 0 Å². The first-order chi connectivity index (χ1) is 26.2. The minimum atomic E-state index is -0.263. The molecule has 0 bridgehead atoms. The highest BCUT2D eigenvalue weighted by Crippen LogP contribution is 2.56. The number of fused-ring (bicyclic) bond motifs is 3. The van der Waals surface area contributed by atoms with Crippen LogP contribution in [-0.4, -0.2) is 0 Å². The second-order valence-corrected chi connectivity index (χ2v) is 16.4. The second kappa shape index (κ2) is 17.8. The van der Waals surface area contributed by atoms with Crippen LogP contribution in [0, 0.1) is 55.4 Å². The molecule has 0 heteroatoms. The second-order valence-electron chi connectivity index (χ2n) is 16.4. The fourth-order valence-electron chi connectivity index (χ4n) is 7.50. The largest absolute Gasteiger partial charge is 0.0713 e. The Morgan fingerprint density at radius 3 is 1.22 bits per heavy atom. The van der Waals surface area contributed by atoms with E-state index in [0.29, 0.717) is 0 Å². The van der Waals surface area contributed by atoms with Gasteiger partial charge in [-0.15, -0.1) is 0 Å². The molecule has 8 rings (SSSR count). The Kier molecular flexibility index (Phi) is 13.2. The van der Waals surface area contributed by atoms with Crippen molar-refractivity contribution in [2.75, 3.05) is 0 Å². The van der Waals surface area contributed by atoms with Gasteiger partial charge >= 0.3 is 0 Å². The molecule has 0 nitrogen and oxygen atoms in total. The van der Waals surface area contributed by atoms with Gasteiger partial charge in [0.1, 0.15) is 0 Å². The number of hydrogen-bond acceptors (Lipinski definition) is 0. The lowest BCUT2D eigenvalue weighted by Crippen LogP contribution is -2.28. The van der Waals surface area contributed by atoms with Gasteiger partial charge in [-0.1, -0.05) is 212 Å². The normalized spacial score (nSPS) is 12.1. The Hall–Kier alpha value is -5.46.